The van der Waals surface area contributed by atoms with Gasteiger partial charge in [-0.25, -0.2) is 4.98 Å². The van der Waals surface area contributed by atoms with E-state index in [1.54, 1.807) is 18.3 Å². The maximum absolute atomic E-state index is 13.7. The quantitative estimate of drug-likeness (QED) is 0.727. The number of carbonyl (C=O) groups excluding carboxylic acids is 2. The second-order valence-corrected chi connectivity index (χ2v) is 9.31. The van der Waals surface area contributed by atoms with Gasteiger partial charge in [-0.2, -0.15) is 0 Å². The molecule has 0 saturated heterocycles. The molecule has 6 nitrogen and oxygen atoms in total. The molecule has 2 N–H and O–H groups in total. The average molecular weight is 435 g/mol. The van der Waals surface area contributed by atoms with Gasteiger partial charge in [0, 0.05) is 29.4 Å². The molecular formula is C24H26N4O2S. The van der Waals surface area contributed by atoms with Crippen LogP contribution in [0.3, 0.4) is 0 Å². The molecule has 1 aromatic carbocycles. The van der Waals surface area contributed by atoms with E-state index < -0.39 is 6.04 Å². The molecule has 3 heterocycles. The number of benzene rings is 1. The summed E-state index contributed by atoms with van der Waals surface area (Å²) >= 11 is 1.50. The molecule has 7 heteroatoms. The Morgan fingerprint density at radius 2 is 2.10 bits per heavy atom. The number of rotatable bonds is 3. The van der Waals surface area contributed by atoms with Gasteiger partial charge in [-0.1, -0.05) is 37.1 Å². The number of nitrogens with zero attached hydrogens (tertiary/aromatic N) is 2. The van der Waals surface area contributed by atoms with Crippen molar-refractivity contribution in [1.82, 2.24) is 20.5 Å². The van der Waals surface area contributed by atoms with Crippen LogP contribution in [0.15, 0.2) is 53.2 Å². The lowest BCUT2D eigenvalue weighted by Gasteiger charge is -2.42. The predicted octanol–water partition coefficient (Wildman–Crippen LogP) is 3.33. The van der Waals surface area contributed by atoms with E-state index >= 15 is 0 Å². The number of aryl methyl sites for hydroxylation is 1. The highest BCUT2D eigenvalue weighted by Crippen LogP contribution is 2.41. The number of hydrogen-bond donors (Lipinski definition) is 2. The van der Waals surface area contributed by atoms with Gasteiger partial charge < -0.3 is 15.5 Å². The minimum atomic E-state index is -0.409. The molecule has 5 rings (SSSR count). The first-order chi connectivity index (χ1) is 15.1. The Labute approximate surface area is 186 Å². The van der Waals surface area contributed by atoms with Crippen molar-refractivity contribution in [3.63, 3.8) is 0 Å². The number of hydrogen-bond acceptors (Lipinski definition) is 5. The van der Waals surface area contributed by atoms with E-state index in [0.717, 1.165) is 47.5 Å². The third-order valence-corrected chi connectivity index (χ3v) is 7.29. The van der Waals surface area contributed by atoms with Gasteiger partial charge in [0.25, 0.3) is 5.91 Å². The average Bonchev–Trinajstić information content (AvgIpc) is 3.39. The Hall–Kier alpha value is -2.93. The largest absolute Gasteiger partial charge is 0.382 e. The summed E-state index contributed by atoms with van der Waals surface area (Å²) in [5, 5.41) is 9.32. The maximum atomic E-state index is 13.7. The van der Waals surface area contributed by atoms with E-state index in [1.807, 2.05) is 41.5 Å². The summed E-state index contributed by atoms with van der Waals surface area (Å²) < 4.78 is 0. The highest BCUT2D eigenvalue weighted by atomic mass is 32.1. The Bertz CT molecular complexity index is 1060. The lowest BCUT2D eigenvalue weighted by atomic mass is 9.86. The van der Waals surface area contributed by atoms with Gasteiger partial charge in [0.05, 0.1) is 24.2 Å². The zero-order valence-corrected chi connectivity index (χ0v) is 18.3. The molecule has 0 radical (unpaired) electrons. The Morgan fingerprint density at radius 1 is 1.26 bits per heavy atom. The molecule has 2 aromatic rings. The van der Waals surface area contributed by atoms with Crippen molar-refractivity contribution in [2.24, 2.45) is 0 Å². The highest BCUT2D eigenvalue weighted by Gasteiger charge is 2.46. The van der Waals surface area contributed by atoms with E-state index in [0.29, 0.717) is 12.1 Å². The van der Waals surface area contributed by atoms with Gasteiger partial charge in [-0.3, -0.25) is 9.59 Å². The summed E-state index contributed by atoms with van der Waals surface area (Å²) in [5.41, 5.74) is 3.71. The Balaban J connectivity index is 1.64. The normalized spacial score (nSPS) is 25.6. The van der Waals surface area contributed by atoms with Crippen molar-refractivity contribution >= 4 is 29.2 Å². The van der Waals surface area contributed by atoms with Crippen LogP contribution in [-0.4, -0.2) is 40.3 Å². The zero-order valence-electron chi connectivity index (χ0n) is 17.5. The van der Waals surface area contributed by atoms with Crippen LogP contribution in [0.5, 0.6) is 0 Å². The van der Waals surface area contributed by atoms with Gasteiger partial charge in [-0.05, 0) is 37.0 Å². The van der Waals surface area contributed by atoms with Crippen LogP contribution >= 0.6 is 11.3 Å². The molecule has 1 aromatic heterocycles. The topological polar surface area (TPSA) is 74.3 Å². The lowest BCUT2D eigenvalue weighted by Crippen LogP contribution is -2.53. The van der Waals surface area contributed by atoms with Gasteiger partial charge in [0.2, 0.25) is 5.91 Å². The maximum Gasteiger partial charge on any atom is 0.251 e. The van der Waals surface area contributed by atoms with Crippen LogP contribution in [0.2, 0.25) is 0 Å². The standard InChI is InChI=1S/C24H26N4O2S/c1-15-6-2-3-7-16(15)23-22-18(14-26-24(22)30)27-17-8-4-5-9-19(17)28(23)21(29)11-10-20-25-12-13-31-20/h2-3,6-7,10-13,17,19,23,27H,4-5,8-9,14H2,1H3,(H,26,30)/b11-10+/t17-,19-,23-/m1/s1. The summed E-state index contributed by atoms with van der Waals surface area (Å²) in [7, 11) is 0. The molecule has 3 atom stereocenters. The third-order valence-electron chi connectivity index (χ3n) is 6.55. The van der Waals surface area contributed by atoms with Crippen molar-refractivity contribution in [2.45, 2.75) is 50.7 Å². The molecule has 0 unspecified atom stereocenters. The molecule has 0 spiro atoms. The van der Waals surface area contributed by atoms with E-state index in [1.165, 1.54) is 11.3 Å². The van der Waals surface area contributed by atoms with E-state index in [-0.39, 0.29) is 23.9 Å². The molecule has 31 heavy (non-hydrogen) atoms. The number of amides is 2. The van der Waals surface area contributed by atoms with Crippen molar-refractivity contribution in [2.75, 3.05) is 6.54 Å². The van der Waals surface area contributed by atoms with Crippen LogP contribution in [0.25, 0.3) is 6.08 Å². The van der Waals surface area contributed by atoms with E-state index in [2.05, 4.69) is 15.6 Å². The van der Waals surface area contributed by atoms with Crippen molar-refractivity contribution in [1.29, 1.82) is 0 Å². The minimum Gasteiger partial charge on any atom is -0.382 e. The van der Waals surface area contributed by atoms with Crippen molar-refractivity contribution < 1.29 is 9.59 Å². The summed E-state index contributed by atoms with van der Waals surface area (Å²) in [5.74, 6) is -0.160. The molecular weight excluding hydrogens is 408 g/mol. The van der Waals surface area contributed by atoms with E-state index in [9.17, 15) is 9.59 Å². The molecule has 1 fully saturated rings. The number of carbonyl (C=O) groups is 2. The van der Waals surface area contributed by atoms with Gasteiger partial charge in [0.15, 0.2) is 0 Å². The molecule has 2 amide bonds. The summed E-state index contributed by atoms with van der Waals surface area (Å²) in [6, 6.07) is 7.85. The highest BCUT2D eigenvalue weighted by molar-refractivity contribution is 7.10. The second-order valence-electron chi connectivity index (χ2n) is 8.39. The number of thiazole rings is 1. The fourth-order valence-electron chi connectivity index (χ4n) is 5.12. The fraction of sp³-hybridized carbons (Fsp3) is 0.375. The van der Waals surface area contributed by atoms with Crippen LogP contribution in [0, 0.1) is 6.92 Å². The number of aromatic nitrogens is 1. The Morgan fingerprint density at radius 3 is 2.90 bits per heavy atom. The smallest absolute Gasteiger partial charge is 0.251 e. The molecule has 0 bridgehead atoms. The number of fused-ring (bicyclic) bond motifs is 1. The molecule has 2 aliphatic heterocycles. The first kappa shape index (κ1) is 20.0. The van der Waals surface area contributed by atoms with E-state index in [4.69, 9.17) is 0 Å². The van der Waals surface area contributed by atoms with Gasteiger partial charge >= 0.3 is 0 Å². The van der Waals surface area contributed by atoms with Crippen LogP contribution in [0.1, 0.15) is 47.9 Å². The zero-order chi connectivity index (χ0) is 21.4. The summed E-state index contributed by atoms with van der Waals surface area (Å²) in [6.07, 6.45) is 9.27. The van der Waals surface area contributed by atoms with Crippen molar-refractivity contribution in [3.05, 3.63) is 69.3 Å². The molecule has 160 valence electrons. The SMILES string of the molecule is Cc1ccccc1[C@@H]1C2=C(CNC2=O)N[C@@H]2CCCC[C@H]2N1C(=O)/C=C/c1nccs1. The predicted molar refractivity (Wildman–Crippen MR) is 121 cm³/mol. The Kier molecular flexibility index (Phi) is 5.36. The van der Waals surface area contributed by atoms with Crippen molar-refractivity contribution in [3.8, 4) is 0 Å². The van der Waals surface area contributed by atoms with Crippen LogP contribution in [-0.2, 0) is 9.59 Å². The van der Waals surface area contributed by atoms with Crippen LogP contribution in [0.4, 0.5) is 0 Å². The van der Waals surface area contributed by atoms with Gasteiger partial charge in [-0.15, -0.1) is 11.3 Å². The minimum absolute atomic E-state index is 0.0326. The van der Waals surface area contributed by atoms with Crippen LogP contribution < -0.4 is 10.6 Å². The third kappa shape index (κ3) is 3.67. The summed E-state index contributed by atoms with van der Waals surface area (Å²) in [4.78, 5) is 33.0. The molecule has 3 aliphatic rings. The lowest BCUT2D eigenvalue weighted by molar-refractivity contribution is -0.131. The number of nitrogens with one attached hydrogen (secondary N) is 2. The first-order valence-electron chi connectivity index (χ1n) is 10.9. The van der Waals surface area contributed by atoms with Gasteiger partial charge in [0.1, 0.15) is 5.01 Å². The molecule has 1 saturated carbocycles. The molecule has 1 aliphatic carbocycles. The fourth-order valence-corrected chi connectivity index (χ4v) is 5.65. The monoisotopic (exact) mass is 434 g/mol. The summed E-state index contributed by atoms with van der Waals surface area (Å²) in [6.45, 7) is 2.55. The first-order valence-corrected chi connectivity index (χ1v) is 11.7. The second kappa shape index (κ2) is 8.30.